The van der Waals surface area contributed by atoms with E-state index in [2.05, 4.69) is 0 Å². The van der Waals surface area contributed by atoms with E-state index in [-0.39, 0.29) is 30.5 Å². The Morgan fingerprint density at radius 3 is 2.50 bits per heavy atom. The number of furan rings is 1. The van der Waals surface area contributed by atoms with Crippen LogP contribution in [0.2, 0.25) is 0 Å². The van der Waals surface area contributed by atoms with E-state index >= 15 is 0 Å². The smallest absolute Gasteiger partial charge is 0.228 e. The molecule has 1 heterocycles. The molecule has 1 amide bonds. The van der Waals surface area contributed by atoms with Gasteiger partial charge in [-0.1, -0.05) is 37.3 Å². The molecule has 1 unspecified atom stereocenters. The summed E-state index contributed by atoms with van der Waals surface area (Å²) < 4.78 is 32.8. The van der Waals surface area contributed by atoms with E-state index in [1.165, 1.54) is 17.2 Å². The molecule has 0 N–H and O–H groups in total. The normalized spacial score (nSPS) is 12.0. The summed E-state index contributed by atoms with van der Waals surface area (Å²) in [6.45, 7) is 2.02. The van der Waals surface area contributed by atoms with Crippen molar-refractivity contribution in [2.75, 3.05) is 4.90 Å². The van der Waals surface area contributed by atoms with E-state index in [4.69, 9.17) is 4.42 Å². The van der Waals surface area contributed by atoms with Gasteiger partial charge in [-0.15, -0.1) is 0 Å². The number of hydrogen-bond acceptors (Lipinski definition) is 2. The number of anilines is 1. The maximum Gasteiger partial charge on any atom is 0.228 e. The van der Waals surface area contributed by atoms with Gasteiger partial charge in [0.25, 0.3) is 0 Å². The molecule has 2 aromatic carbocycles. The van der Waals surface area contributed by atoms with Crippen molar-refractivity contribution in [3.05, 3.63) is 89.9 Å². The summed E-state index contributed by atoms with van der Waals surface area (Å²) in [4.78, 5) is 14.2. The summed E-state index contributed by atoms with van der Waals surface area (Å²) in [5.74, 6) is -1.24. The number of rotatable bonds is 6. The fourth-order valence-corrected chi connectivity index (χ4v) is 2.84. The average molecular weight is 355 g/mol. The third-order valence-corrected chi connectivity index (χ3v) is 4.25. The van der Waals surface area contributed by atoms with Gasteiger partial charge in [0.15, 0.2) is 0 Å². The molecule has 3 nitrogen and oxygen atoms in total. The van der Waals surface area contributed by atoms with Crippen LogP contribution in [0.15, 0.2) is 71.3 Å². The number of nitrogens with zero attached hydrogens (tertiary/aromatic N) is 1. The van der Waals surface area contributed by atoms with Gasteiger partial charge in [-0.25, -0.2) is 8.78 Å². The van der Waals surface area contributed by atoms with E-state index in [0.717, 1.165) is 17.7 Å². The molecule has 0 aliphatic carbocycles. The largest absolute Gasteiger partial charge is 0.467 e. The second-order valence-corrected chi connectivity index (χ2v) is 6.17. The SMILES string of the molecule is CC(CC(=O)N(Cc1ccco1)c1ccc(F)cc1F)c1ccccc1. The third kappa shape index (κ3) is 4.17. The molecule has 0 aliphatic heterocycles. The number of hydrogen-bond donors (Lipinski definition) is 0. The van der Waals surface area contributed by atoms with Crippen molar-refractivity contribution in [1.29, 1.82) is 0 Å². The van der Waals surface area contributed by atoms with Crippen LogP contribution in [0.3, 0.4) is 0 Å². The maximum atomic E-state index is 14.3. The fraction of sp³-hybridized carbons (Fsp3) is 0.190. The summed E-state index contributed by atoms with van der Waals surface area (Å²) in [5, 5.41) is 0. The van der Waals surface area contributed by atoms with Crippen molar-refractivity contribution in [2.24, 2.45) is 0 Å². The zero-order valence-electron chi connectivity index (χ0n) is 14.4. The Morgan fingerprint density at radius 1 is 1.08 bits per heavy atom. The van der Waals surface area contributed by atoms with Crippen LogP contribution in [0.4, 0.5) is 14.5 Å². The average Bonchev–Trinajstić information content (AvgIpc) is 3.14. The van der Waals surface area contributed by atoms with Gasteiger partial charge in [-0.2, -0.15) is 0 Å². The van der Waals surface area contributed by atoms with E-state index in [9.17, 15) is 13.6 Å². The van der Waals surface area contributed by atoms with Crippen LogP contribution >= 0.6 is 0 Å². The molecule has 0 spiro atoms. The minimum atomic E-state index is -0.780. The Bertz CT molecular complexity index is 863. The van der Waals surface area contributed by atoms with Crippen molar-refractivity contribution < 1.29 is 18.0 Å². The number of halogens is 2. The van der Waals surface area contributed by atoms with Crippen LogP contribution in [0.1, 0.15) is 30.6 Å². The van der Waals surface area contributed by atoms with Gasteiger partial charge in [0.1, 0.15) is 17.4 Å². The predicted molar refractivity (Wildman–Crippen MR) is 95.7 cm³/mol. The molecule has 26 heavy (non-hydrogen) atoms. The van der Waals surface area contributed by atoms with Crippen molar-refractivity contribution in [1.82, 2.24) is 0 Å². The molecule has 1 atom stereocenters. The Morgan fingerprint density at radius 2 is 1.85 bits per heavy atom. The predicted octanol–water partition coefficient (Wildman–Crippen LogP) is 5.28. The van der Waals surface area contributed by atoms with Crippen LogP contribution in [-0.2, 0) is 11.3 Å². The highest BCUT2D eigenvalue weighted by Gasteiger charge is 2.23. The molecule has 0 saturated heterocycles. The Balaban J connectivity index is 1.85. The number of carbonyl (C=O) groups is 1. The van der Waals surface area contributed by atoms with Crippen molar-refractivity contribution in [3.8, 4) is 0 Å². The van der Waals surface area contributed by atoms with Crippen LogP contribution < -0.4 is 4.90 Å². The zero-order valence-corrected chi connectivity index (χ0v) is 14.4. The van der Waals surface area contributed by atoms with E-state index in [1.54, 1.807) is 12.1 Å². The third-order valence-electron chi connectivity index (χ3n) is 4.25. The van der Waals surface area contributed by atoms with E-state index in [0.29, 0.717) is 5.76 Å². The number of amides is 1. The first-order valence-electron chi connectivity index (χ1n) is 8.37. The topological polar surface area (TPSA) is 33.5 Å². The monoisotopic (exact) mass is 355 g/mol. The molecule has 0 bridgehead atoms. The van der Waals surface area contributed by atoms with Gasteiger partial charge >= 0.3 is 0 Å². The first-order chi connectivity index (χ1) is 12.5. The molecule has 3 rings (SSSR count). The fourth-order valence-electron chi connectivity index (χ4n) is 2.84. The Hall–Kier alpha value is -2.95. The lowest BCUT2D eigenvalue weighted by molar-refractivity contribution is -0.119. The number of carbonyl (C=O) groups excluding carboxylic acids is 1. The lowest BCUT2D eigenvalue weighted by atomic mass is 9.97. The molecular formula is C21H19F2NO2. The highest BCUT2D eigenvalue weighted by molar-refractivity contribution is 5.93. The molecule has 0 saturated carbocycles. The lowest BCUT2D eigenvalue weighted by Gasteiger charge is -2.24. The van der Waals surface area contributed by atoms with Gasteiger partial charge < -0.3 is 9.32 Å². The van der Waals surface area contributed by atoms with Crippen molar-refractivity contribution >= 4 is 11.6 Å². The molecule has 3 aromatic rings. The standard InChI is InChI=1S/C21H19F2NO2/c1-15(16-6-3-2-4-7-16)12-21(25)24(14-18-8-5-11-26-18)20-10-9-17(22)13-19(20)23/h2-11,13,15H,12,14H2,1H3. The molecule has 1 aromatic heterocycles. The van der Waals surface area contributed by atoms with Crippen LogP contribution in [0.5, 0.6) is 0 Å². The summed E-state index contributed by atoms with van der Waals surface area (Å²) in [6, 6.07) is 16.2. The highest BCUT2D eigenvalue weighted by atomic mass is 19.1. The van der Waals surface area contributed by atoms with Crippen LogP contribution in [-0.4, -0.2) is 5.91 Å². The molecule has 0 fully saturated rings. The van der Waals surface area contributed by atoms with E-state index in [1.807, 2.05) is 37.3 Å². The van der Waals surface area contributed by atoms with Crippen molar-refractivity contribution in [2.45, 2.75) is 25.8 Å². The van der Waals surface area contributed by atoms with Crippen molar-refractivity contribution in [3.63, 3.8) is 0 Å². The molecule has 134 valence electrons. The maximum absolute atomic E-state index is 14.3. The summed E-state index contributed by atoms with van der Waals surface area (Å²) in [6.07, 6.45) is 1.69. The van der Waals surface area contributed by atoms with Gasteiger partial charge in [-0.3, -0.25) is 4.79 Å². The Kier molecular flexibility index (Phi) is 5.46. The molecule has 5 heteroatoms. The molecular weight excluding hydrogens is 336 g/mol. The van der Waals surface area contributed by atoms with Gasteiger partial charge in [-0.05, 0) is 35.7 Å². The zero-order chi connectivity index (χ0) is 18.5. The highest BCUT2D eigenvalue weighted by Crippen LogP contribution is 2.26. The minimum absolute atomic E-state index is 0.0352. The van der Waals surface area contributed by atoms with Crippen LogP contribution in [0.25, 0.3) is 0 Å². The summed E-state index contributed by atoms with van der Waals surface area (Å²) >= 11 is 0. The minimum Gasteiger partial charge on any atom is -0.467 e. The first kappa shape index (κ1) is 17.9. The van der Waals surface area contributed by atoms with Gasteiger partial charge in [0.05, 0.1) is 18.5 Å². The van der Waals surface area contributed by atoms with Gasteiger partial charge in [0, 0.05) is 12.5 Å². The summed E-state index contributed by atoms with van der Waals surface area (Å²) in [7, 11) is 0. The quantitative estimate of drug-likeness (QED) is 0.602. The summed E-state index contributed by atoms with van der Waals surface area (Å²) in [5.41, 5.74) is 1.06. The van der Waals surface area contributed by atoms with E-state index < -0.39 is 11.6 Å². The van der Waals surface area contributed by atoms with Gasteiger partial charge in [0.2, 0.25) is 5.91 Å². The number of benzene rings is 2. The first-order valence-corrected chi connectivity index (χ1v) is 8.37. The lowest BCUT2D eigenvalue weighted by Crippen LogP contribution is -2.32. The second kappa shape index (κ2) is 7.95. The second-order valence-electron chi connectivity index (χ2n) is 6.17. The Labute approximate surface area is 150 Å². The molecule has 0 radical (unpaired) electrons. The molecule has 0 aliphatic rings. The van der Waals surface area contributed by atoms with Crippen LogP contribution in [0, 0.1) is 11.6 Å².